The fourth-order valence-electron chi connectivity index (χ4n) is 2.22. The molecule has 1 heterocycles. The highest BCUT2D eigenvalue weighted by molar-refractivity contribution is 5.95. The lowest BCUT2D eigenvalue weighted by molar-refractivity contribution is -0.136. The molecule has 1 atom stereocenters. The van der Waals surface area contributed by atoms with Crippen molar-refractivity contribution in [3.63, 3.8) is 0 Å². The van der Waals surface area contributed by atoms with Gasteiger partial charge in [0.25, 0.3) is 0 Å². The number of aryl methyl sites for hydroxylation is 1. The van der Waals surface area contributed by atoms with Gasteiger partial charge in [-0.25, -0.2) is 9.59 Å². The topological polar surface area (TPSA) is 67.4 Å². The van der Waals surface area contributed by atoms with Crippen molar-refractivity contribution in [2.45, 2.75) is 19.9 Å². The zero-order valence-electron chi connectivity index (χ0n) is 11.1. The van der Waals surface area contributed by atoms with Gasteiger partial charge in [0.1, 0.15) is 0 Å². The van der Waals surface area contributed by atoms with Crippen LogP contribution in [0.15, 0.2) is 35.5 Å². The molecule has 1 aliphatic rings. The van der Waals surface area contributed by atoms with Crippen molar-refractivity contribution < 1.29 is 14.3 Å². The van der Waals surface area contributed by atoms with E-state index in [-0.39, 0.29) is 6.03 Å². The molecule has 1 aromatic rings. The lowest BCUT2D eigenvalue weighted by Crippen LogP contribution is -2.45. The second-order valence-corrected chi connectivity index (χ2v) is 4.42. The predicted molar refractivity (Wildman–Crippen MR) is 70.3 cm³/mol. The monoisotopic (exact) mass is 260 g/mol. The van der Waals surface area contributed by atoms with E-state index in [1.165, 1.54) is 7.11 Å². The highest BCUT2D eigenvalue weighted by Crippen LogP contribution is 2.29. The van der Waals surface area contributed by atoms with Gasteiger partial charge in [-0.2, -0.15) is 0 Å². The number of urea groups is 1. The minimum atomic E-state index is -0.484. The summed E-state index contributed by atoms with van der Waals surface area (Å²) in [5.74, 6) is -0.446. The van der Waals surface area contributed by atoms with Gasteiger partial charge in [0.15, 0.2) is 0 Å². The first-order valence-corrected chi connectivity index (χ1v) is 5.96. The molecule has 1 aliphatic heterocycles. The van der Waals surface area contributed by atoms with Gasteiger partial charge in [-0.15, -0.1) is 0 Å². The van der Waals surface area contributed by atoms with Crippen molar-refractivity contribution in [1.29, 1.82) is 0 Å². The molecule has 0 spiro atoms. The van der Waals surface area contributed by atoms with Crippen LogP contribution in [0.1, 0.15) is 24.1 Å². The van der Waals surface area contributed by atoms with Crippen LogP contribution in [0.4, 0.5) is 4.79 Å². The van der Waals surface area contributed by atoms with Crippen LogP contribution in [-0.4, -0.2) is 19.1 Å². The van der Waals surface area contributed by atoms with Gasteiger partial charge in [0, 0.05) is 5.70 Å². The molecule has 0 saturated heterocycles. The zero-order chi connectivity index (χ0) is 14.0. The van der Waals surface area contributed by atoms with Crippen LogP contribution in [0.25, 0.3) is 0 Å². The van der Waals surface area contributed by atoms with Crippen LogP contribution >= 0.6 is 0 Å². The number of carbonyl (C=O) groups excluding carboxylic acids is 2. The quantitative estimate of drug-likeness (QED) is 0.797. The SMILES string of the molecule is COC(=O)C1=C(C)NC(=O)N[C@H]1c1ccccc1C. The second-order valence-electron chi connectivity index (χ2n) is 4.42. The van der Waals surface area contributed by atoms with Gasteiger partial charge in [0.2, 0.25) is 0 Å². The van der Waals surface area contributed by atoms with Gasteiger partial charge in [-0.1, -0.05) is 24.3 Å². The molecule has 19 heavy (non-hydrogen) atoms. The number of nitrogens with one attached hydrogen (secondary N) is 2. The molecule has 2 N–H and O–H groups in total. The van der Waals surface area contributed by atoms with E-state index in [2.05, 4.69) is 10.6 Å². The predicted octanol–water partition coefficient (Wildman–Crippen LogP) is 1.80. The zero-order valence-corrected chi connectivity index (χ0v) is 11.1. The van der Waals surface area contributed by atoms with E-state index in [4.69, 9.17) is 4.74 Å². The molecule has 5 heteroatoms. The maximum Gasteiger partial charge on any atom is 0.337 e. The van der Waals surface area contributed by atoms with Gasteiger partial charge in [-0.05, 0) is 25.0 Å². The maximum absolute atomic E-state index is 11.9. The number of allylic oxidation sites excluding steroid dienone is 1. The minimum Gasteiger partial charge on any atom is -0.466 e. The molecule has 5 nitrogen and oxygen atoms in total. The van der Waals surface area contributed by atoms with Crippen molar-refractivity contribution in [1.82, 2.24) is 10.6 Å². The lowest BCUT2D eigenvalue weighted by Gasteiger charge is -2.28. The molecule has 2 amide bonds. The molecular weight excluding hydrogens is 244 g/mol. The van der Waals surface area contributed by atoms with Crippen LogP contribution in [0.3, 0.4) is 0 Å². The molecule has 0 saturated carbocycles. The number of hydrogen-bond donors (Lipinski definition) is 2. The number of ether oxygens (including phenoxy) is 1. The Labute approximate surface area is 111 Å². The number of amides is 2. The van der Waals surface area contributed by atoms with Crippen molar-refractivity contribution >= 4 is 12.0 Å². The Bertz CT molecular complexity index is 564. The average Bonchev–Trinajstić information content (AvgIpc) is 2.37. The molecular formula is C14H16N2O3. The van der Waals surface area contributed by atoms with Crippen molar-refractivity contribution in [2.75, 3.05) is 7.11 Å². The first-order valence-electron chi connectivity index (χ1n) is 5.96. The molecule has 0 unspecified atom stereocenters. The Morgan fingerprint density at radius 1 is 1.26 bits per heavy atom. The Balaban J connectivity index is 2.53. The van der Waals surface area contributed by atoms with Gasteiger partial charge >= 0.3 is 12.0 Å². The van der Waals surface area contributed by atoms with Crippen LogP contribution in [0.2, 0.25) is 0 Å². The van der Waals surface area contributed by atoms with Crippen LogP contribution in [0.5, 0.6) is 0 Å². The fourth-order valence-corrected chi connectivity index (χ4v) is 2.22. The van der Waals surface area contributed by atoms with Gasteiger partial charge < -0.3 is 15.4 Å². The fraction of sp³-hybridized carbons (Fsp3) is 0.286. The van der Waals surface area contributed by atoms with Crippen LogP contribution in [0, 0.1) is 6.92 Å². The van der Waals surface area contributed by atoms with E-state index in [9.17, 15) is 9.59 Å². The highest BCUT2D eigenvalue weighted by atomic mass is 16.5. The first-order chi connectivity index (χ1) is 9.04. The van der Waals surface area contributed by atoms with Crippen LogP contribution in [-0.2, 0) is 9.53 Å². The average molecular weight is 260 g/mol. The molecule has 0 aliphatic carbocycles. The summed E-state index contributed by atoms with van der Waals surface area (Å²) in [4.78, 5) is 23.5. The second kappa shape index (κ2) is 5.14. The number of methoxy groups -OCH3 is 1. The summed E-state index contributed by atoms with van der Waals surface area (Å²) in [6.07, 6.45) is 0. The Morgan fingerprint density at radius 3 is 2.58 bits per heavy atom. The van der Waals surface area contributed by atoms with Crippen molar-refractivity contribution in [3.8, 4) is 0 Å². The third-order valence-electron chi connectivity index (χ3n) is 3.17. The summed E-state index contributed by atoms with van der Waals surface area (Å²) in [6.45, 7) is 3.63. The Hall–Kier alpha value is -2.30. The molecule has 0 aromatic heterocycles. The van der Waals surface area contributed by atoms with E-state index in [0.717, 1.165) is 11.1 Å². The van der Waals surface area contributed by atoms with E-state index >= 15 is 0 Å². The van der Waals surface area contributed by atoms with Crippen LogP contribution < -0.4 is 10.6 Å². The summed E-state index contributed by atoms with van der Waals surface area (Å²) in [5, 5.41) is 5.35. The highest BCUT2D eigenvalue weighted by Gasteiger charge is 2.32. The standard InChI is InChI=1S/C14H16N2O3/c1-8-6-4-5-7-10(8)12-11(13(17)19-3)9(2)15-14(18)16-12/h4-7,12H,1-3H3,(H2,15,16,18)/t12-/m0/s1. The first kappa shape index (κ1) is 13.1. The molecule has 0 radical (unpaired) electrons. The summed E-state index contributed by atoms with van der Waals surface area (Å²) in [7, 11) is 1.33. The summed E-state index contributed by atoms with van der Waals surface area (Å²) >= 11 is 0. The lowest BCUT2D eigenvalue weighted by atomic mass is 9.92. The summed E-state index contributed by atoms with van der Waals surface area (Å²) < 4.78 is 4.80. The largest absolute Gasteiger partial charge is 0.466 e. The Morgan fingerprint density at radius 2 is 1.95 bits per heavy atom. The minimum absolute atomic E-state index is 0.321. The number of carbonyl (C=O) groups is 2. The maximum atomic E-state index is 11.9. The molecule has 0 fully saturated rings. The number of benzene rings is 1. The molecule has 2 rings (SSSR count). The smallest absolute Gasteiger partial charge is 0.337 e. The third-order valence-corrected chi connectivity index (χ3v) is 3.17. The van der Waals surface area contributed by atoms with Crippen molar-refractivity contribution in [2.24, 2.45) is 0 Å². The normalized spacial score (nSPS) is 18.7. The van der Waals surface area contributed by atoms with E-state index in [1.807, 2.05) is 31.2 Å². The Kier molecular flexibility index (Phi) is 3.55. The number of hydrogen-bond acceptors (Lipinski definition) is 3. The summed E-state index contributed by atoms with van der Waals surface area (Å²) in [6, 6.07) is 6.81. The van der Waals surface area contributed by atoms with Crippen molar-refractivity contribution in [3.05, 3.63) is 46.7 Å². The van der Waals surface area contributed by atoms with E-state index < -0.39 is 12.0 Å². The third kappa shape index (κ3) is 2.45. The van der Waals surface area contributed by atoms with E-state index in [0.29, 0.717) is 11.3 Å². The molecule has 1 aromatic carbocycles. The number of rotatable bonds is 2. The van der Waals surface area contributed by atoms with E-state index in [1.54, 1.807) is 6.92 Å². The van der Waals surface area contributed by atoms with Gasteiger partial charge in [0.05, 0.1) is 18.7 Å². The molecule has 0 bridgehead atoms. The van der Waals surface area contributed by atoms with Gasteiger partial charge in [-0.3, -0.25) is 0 Å². The summed E-state index contributed by atoms with van der Waals surface area (Å²) in [5.41, 5.74) is 2.83. The molecule has 100 valence electrons. The number of esters is 1.